The molecule has 0 saturated heterocycles. The van der Waals surface area contributed by atoms with Crippen LogP contribution in [0, 0.1) is 0 Å². The van der Waals surface area contributed by atoms with Crippen molar-refractivity contribution >= 4 is 40.0 Å². The molecule has 0 heterocycles. The van der Waals surface area contributed by atoms with Gasteiger partial charge in [0.05, 0.1) is 12.8 Å². The van der Waals surface area contributed by atoms with Crippen molar-refractivity contribution < 1.29 is 8.42 Å². The van der Waals surface area contributed by atoms with E-state index in [1.54, 1.807) is 0 Å². The molecule has 0 aromatic heterocycles. The number of sulfonamides is 1. The number of guanidine groups is 1. The van der Waals surface area contributed by atoms with E-state index in [9.17, 15) is 8.42 Å². The molecule has 0 amide bonds. The molecule has 1 aliphatic carbocycles. The molecule has 0 spiro atoms. The van der Waals surface area contributed by atoms with Crippen molar-refractivity contribution in [3.8, 4) is 0 Å². The first-order valence-electron chi connectivity index (χ1n) is 7.75. The largest absolute Gasteiger partial charge is 0.357 e. The highest BCUT2D eigenvalue weighted by Gasteiger charge is 2.22. The molecule has 0 atom stereocenters. The quantitative estimate of drug-likeness (QED) is 0.330. The summed E-state index contributed by atoms with van der Waals surface area (Å²) in [4.78, 5) is 4.53. The summed E-state index contributed by atoms with van der Waals surface area (Å²) in [7, 11) is -3.23. The summed E-state index contributed by atoms with van der Waals surface area (Å²) in [5.41, 5.74) is -0.595. The fourth-order valence-electron chi connectivity index (χ4n) is 2.57. The Morgan fingerprint density at radius 2 is 1.82 bits per heavy atom. The molecule has 1 aliphatic rings. The van der Waals surface area contributed by atoms with Crippen LogP contribution in [0.15, 0.2) is 4.99 Å². The van der Waals surface area contributed by atoms with Gasteiger partial charge in [-0.3, -0.25) is 4.99 Å². The molecule has 22 heavy (non-hydrogen) atoms. The number of aliphatic imine (C=N–C) groups is 1. The normalized spacial score (nSPS) is 17.7. The molecule has 0 bridgehead atoms. The molecule has 0 aromatic rings. The van der Waals surface area contributed by atoms with Gasteiger partial charge in [0.1, 0.15) is 0 Å². The third kappa shape index (κ3) is 9.83. The minimum absolute atomic E-state index is 0. The Morgan fingerprint density at radius 1 is 1.23 bits per heavy atom. The topological polar surface area (TPSA) is 82.6 Å². The lowest BCUT2D eigenvalue weighted by Crippen LogP contribution is -2.48. The molecule has 132 valence electrons. The summed E-state index contributed by atoms with van der Waals surface area (Å²) in [6.07, 6.45) is 7.36. The van der Waals surface area contributed by atoms with E-state index in [2.05, 4.69) is 20.3 Å². The van der Waals surface area contributed by atoms with E-state index in [-0.39, 0.29) is 24.0 Å². The molecule has 0 aromatic carbocycles. The summed E-state index contributed by atoms with van der Waals surface area (Å²) < 4.78 is 25.3. The highest BCUT2D eigenvalue weighted by molar-refractivity contribution is 14.0. The summed E-state index contributed by atoms with van der Waals surface area (Å²) in [5, 5.41) is 6.68. The molecule has 1 rings (SSSR count). The molecule has 8 heteroatoms. The van der Waals surface area contributed by atoms with Crippen LogP contribution in [0.4, 0.5) is 0 Å². The molecule has 0 aliphatic heterocycles. The summed E-state index contributed by atoms with van der Waals surface area (Å²) in [6.45, 7) is 6.88. The van der Waals surface area contributed by atoms with Gasteiger partial charge in [0.2, 0.25) is 10.0 Å². The first kappa shape index (κ1) is 21.9. The van der Waals surface area contributed by atoms with E-state index in [0.29, 0.717) is 12.6 Å². The minimum Gasteiger partial charge on any atom is -0.357 e. The van der Waals surface area contributed by atoms with Crippen molar-refractivity contribution in [3.05, 3.63) is 0 Å². The second-order valence-corrected chi connectivity index (χ2v) is 8.18. The van der Waals surface area contributed by atoms with Crippen molar-refractivity contribution in [3.63, 3.8) is 0 Å². The van der Waals surface area contributed by atoms with Crippen molar-refractivity contribution in [1.82, 2.24) is 15.4 Å². The number of rotatable bonds is 6. The van der Waals surface area contributed by atoms with E-state index in [1.807, 2.05) is 20.8 Å². The van der Waals surface area contributed by atoms with Crippen LogP contribution in [0.5, 0.6) is 0 Å². The Labute approximate surface area is 152 Å². The second-order valence-electron chi connectivity index (χ2n) is 6.43. The maximum atomic E-state index is 11.3. The highest BCUT2D eigenvalue weighted by atomic mass is 127. The van der Waals surface area contributed by atoms with E-state index in [0.717, 1.165) is 12.5 Å². The molecule has 1 fully saturated rings. The van der Waals surface area contributed by atoms with Gasteiger partial charge in [-0.05, 0) is 33.6 Å². The Hall–Kier alpha value is -0.0900. The lowest BCUT2D eigenvalue weighted by Gasteiger charge is -2.27. The lowest BCUT2D eigenvalue weighted by molar-refractivity contribution is 0.408. The van der Waals surface area contributed by atoms with Crippen molar-refractivity contribution in [1.29, 1.82) is 0 Å². The summed E-state index contributed by atoms with van der Waals surface area (Å²) >= 11 is 0. The predicted molar refractivity (Wildman–Crippen MR) is 103 cm³/mol. The van der Waals surface area contributed by atoms with Gasteiger partial charge < -0.3 is 10.6 Å². The van der Waals surface area contributed by atoms with Crippen molar-refractivity contribution in [2.45, 2.75) is 64.5 Å². The zero-order chi connectivity index (χ0) is 15.9. The minimum atomic E-state index is -3.23. The lowest BCUT2D eigenvalue weighted by atomic mass is 9.96. The van der Waals surface area contributed by atoms with Crippen LogP contribution in [-0.4, -0.2) is 45.3 Å². The Balaban J connectivity index is 0.00000441. The van der Waals surface area contributed by atoms with Crippen LogP contribution in [-0.2, 0) is 10.0 Å². The van der Waals surface area contributed by atoms with Crippen molar-refractivity contribution in [2.24, 2.45) is 4.99 Å². The van der Waals surface area contributed by atoms with Gasteiger partial charge in [0.25, 0.3) is 0 Å². The maximum Gasteiger partial charge on any atom is 0.209 e. The van der Waals surface area contributed by atoms with Gasteiger partial charge in [-0.1, -0.05) is 19.3 Å². The van der Waals surface area contributed by atoms with Crippen LogP contribution in [0.2, 0.25) is 0 Å². The molecule has 0 radical (unpaired) electrons. The SMILES string of the molecule is CCNC(=NCC(C)(C)NS(C)(=O)=O)NC1CCCCC1.I. The Morgan fingerprint density at radius 3 is 2.32 bits per heavy atom. The molecule has 6 nitrogen and oxygen atoms in total. The molecule has 1 saturated carbocycles. The Kier molecular flexibility index (Phi) is 9.88. The number of halogens is 1. The molecular weight excluding hydrogens is 415 g/mol. The average Bonchev–Trinajstić information content (AvgIpc) is 2.35. The van der Waals surface area contributed by atoms with E-state index >= 15 is 0 Å². The second kappa shape index (κ2) is 9.92. The smallest absolute Gasteiger partial charge is 0.209 e. The number of hydrogen-bond acceptors (Lipinski definition) is 3. The van der Waals surface area contributed by atoms with Gasteiger partial charge in [0, 0.05) is 18.1 Å². The third-order valence-corrected chi connectivity index (χ3v) is 4.31. The highest BCUT2D eigenvalue weighted by Crippen LogP contribution is 2.17. The zero-order valence-corrected chi connectivity index (χ0v) is 17.3. The monoisotopic (exact) mass is 446 g/mol. The average molecular weight is 446 g/mol. The molecular formula is C14H31IN4O2S. The van der Waals surface area contributed by atoms with Gasteiger partial charge in [0.15, 0.2) is 5.96 Å². The standard InChI is InChI=1S/C14H30N4O2S.HI/c1-5-15-13(17-12-9-7-6-8-10-12)16-11-14(2,3)18-21(4,19)20;/h12,18H,5-11H2,1-4H3,(H2,15,16,17);1H. The van der Waals surface area contributed by atoms with Crippen LogP contribution in [0.1, 0.15) is 52.9 Å². The van der Waals surface area contributed by atoms with Gasteiger partial charge in [-0.15, -0.1) is 24.0 Å². The van der Waals surface area contributed by atoms with Crippen LogP contribution in [0.25, 0.3) is 0 Å². The van der Waals surface area contributed by atoms with E-state index in [1.165, 1.54) is 38.4 Å². The number of nitrogens with zero attached hydrogens (tertiary/aromatic N) is 1. The van der Waals surface area contributed by atoms with Crippen LogP contribution < -0.4 is 15.4 Å². The number of nitrogens with one attached hydrogen (secondary N) is 3. The first-order chi connectivity index (χ1) is 9.72. The van der Waals surface area contributed by atoms with E-state index in [4.69, 9.17) is 0 Å². The Bertz CT molecular complexity index is 446. The third-order valence-electron chi connectivity index (χ3n) is 3.38. The first-order valence-corrected chi connectivity index (χ1v) is 9.65. The van der Waals surface area contributed by atoms with E-state index < -0.39 is 15.6 Å². The molecule has 3 N–H and O–H groups in total. The van der Waals surface area contributed by atoms with Gasteiger partial charge in [-0.25, -0.2) is 13.1 Å². The zero-order valence-electron chi connectivity index (χ0n) is 14.1. The van der Waals surface area contributed by atoms with Gasteiger partial charge >= 0.3 is 0 Å². The summed E-state index contributed by atoms with van der Waals surface area (Å²) in [5.74, 6) is 0.771. The maximum absolute atomic E-state index is 11.3. The van der Waals surface area contributed by atoms with Crippen LogP contribution >= 0.6 is 24.0 Å². The number of hydrogen-bond donors (Lipinski definition) is 3. The summed E-state index contributed by atoms with van der Waals surface area (Å²) in [6, 6.07) is 0.475. The van der Waals surface area contributed by atoms with Crippen molar-refractivity contribution in [2.75, 3.05) is 19.3 Å². The predicted octanol–water partition coefficient (Wildman–Crippen LogP) is 1.82. The van der Waals surface area contributed by atoms with Gasteiger partial charge in [-0.2, -0.15) is 0 Å². The fourth-order valence-corrected chi connectivity index (χ4v) is 3.64. The molecule has 0 unspecified atom stereocenters. The fraction of sp³-hybridized carbons (Fsp3) is 0.929. The van der Waals surface area contributed by atoms with Crippen LogP contribution in [0.3, 0.4) is 0 Å².